The molecule has 1 aromatic heterocycles. The van der Waals surface area contributed by atoms with E-state index in [-0.39, 0.29) is 0 Å². The number of hydrogen-bond donors (Lipinski definition) is 0. The fraction of sp³-hybridized carbons (Fsp3) is 0.667. The van der Waals surface area contributed by atoms with Crippen LogP contribution < -0.4 is 0 Å². The van der Waals surface area contributed by atoms with Gasteiger partial charge in [-0.15, -0.1) is 0 Å². The van der Waals surface area contributed by atoms with Gasteiger partial charge in [0, 0.05) is 11.2 Å². The van der Waals surface area contributed by atoms with Crippen LogP contribution in [0.1, 0.15) is 18.3 Å². The Morgan fingerprint density at radius 1 is 1.60 bits per heavy atom. The summed E-state index contributed by atoms with van der Waals surface area (Å²) in [7, 11) is 0. The summed E-state index contributed by atoms with van der Waals surface area (Å²) in [4.78, 5) is 0.429. The third-order valence-electron chi connectivity index (χ3n) is 1.22. The molecule has 0 amide bonds. The van der Waals surface area contributed by atoms with E-state index in [1.165, 1.54) is 0 Å². The van der Waals surface area contributed by atoms with Gasteiger partial charge in [-0.25, -0.2) is 4.63 Å². The summed E-state index contributed by atoms with van der Waals surface area (Å²) in [6.45, 7) is 3.95. The van der Waals surface area contributed by atoms with Crippen LogP contribution in [0, 0.1) is 6.92 Å². The molecule has 1 unspecified atom stereocenters. The molecule has 0 aliphatic carbocycles. The molecule has 1 aromatic rings. The number of aryl methyl sites for hydroxylation is 1. The first-order chi connectivity index (χ1) is 4.70. The highest BCUT2D eigenvalue weighted by atomic mass is 79.9. The number of hydrogen-bond acceptors (Lipinski definition) is 3. The van der Waals surface area contributed by atoms with E-state index in [9.17, 15) is 0 Å². The van der Waals surface area contributed by atoms with Crippen LogP contribution in [0.5, 0.6) is 0 Å². The van der Waals surface area contributed by atoms with Crippen molar-refractivity contribution in [1.29, 1.82) is 0 Å². The molecule has 1 rings (SSSR count). The zero-order valence-corrected chi connectivity index (χ0v) is 7.55. The van der Waals surface area contributed by atoms with E-state index in [0.29, 0.717) is 4.83 Å². The van der Waals surface area contributed by atoms with Crippen LogP contribution in [0.4, 0.5) is 0 Å². The van der Waals surface area contributed by atoms with Gasteiger partial charge in [0.05, 0.1) is 0 Å². The van der Waals surface area contributed by atoms with E-state index in [2.05, 4.69) is 37.8 Å². The van der Waals surface area contributed by atoms with Crippen molar-refractivity contribution in [3.63, 3.8) is 0 Å². The summed E-state index contributed by atoms with van der Waals surface area (Å²) in [5, 5.41) is 7.40. The first kappa shape index (κ1) is 7.72. The summed E-state index contributed by atoms with van der Waals surface area (Å²) in [6.07, 6.45) is 0.870. The van der Waals surface area contributed by atoms with E-state index in [1.54, 1.807) is 0 Å². The zero-order chi connectivity index (χ0) is 7.56. The Hall–Kier alpha value is -0.380. The second-order valence-corrected chi connectivity index (χ2v) is 3.84. The number of alkyl halides is 1. The lowest BCUT2D eigenvalue weighted by atomic mass is 10.2. The Morgan fingerprint density at radius 2 is 2.30 bits per heavy atom. The molecule has 0 saturated heterocycles. The first-order valence-corrected chi connectivity index (χ1v) is 4.04. The molecule has 1 atom stereocenters. The quantitative estimate of drug-likeness (QED) is 0.689. The largest absolute Gasteiger partial charge is 0.244 e. The van der Waals surface area contributed by atoms with Crippen LogP contribution in [0.25, 0.3) is 0 Å². The highest BCUT2D eigenvalue weighted by Gasteiger charge is 2.06. The molecule has 0 bridgehead atoms. The summed E-state index contributed by atoms with van der Waals surface area (Å²) < 4.78 is 4.53. The number of nitrogens with zero attached hydrogens (tertiary/aromatic N) is 2. The van der Waals surface area contributed by atoms with Crippen LogP contribution in [-0.2, 0) is 6.42 Å². The fourth-order valence-electron chi connectivity index (χ4n) is 0.701. The summed E-state index contributed by atoms with van der Waals surface area (Å²) in [5.74, 6) is 0. The predicted molar refractivity (Wildman–Crippen MR) is 41.1 cm³/mol. The van der Waals surface area contributed by atoms with E-state index in [4.69, 9.17) is 0 Å². The van der Waals surface area contributed by atoms with Gasteiger partial charge in [0.2, 0.25) is 0 Å². The third kappa shape index (κ3) is 1.80. The van der Waals surface area contributed by atoms with Gasteiger partial charge in [-0.05, 0) is 6.92 Å². The highest BCUT2D eigenvalue weighted by Crippen LogP contribution is 2.08. The van der Waals surface area contributed by atoms with Gasteiger partial charge < -0.3 is 0 Å². The van der Waals surface area contributed by atoms with Crippen molar-refractivity contribution in [3.05, 3.63) is 11.4 Å². The summed E-state index contributed by atoms with van der Waals surface area (Å²) >= 11 is 3.42. The Morgan fingerprint density at radius 3 is 2.70 bits per heavy atom. The molecule has 3 nitrogen and oxygen atoms in total. The molecule has 0 spiro atoms. The lowest BCUT2D eigenvalue weighted by Crippen LogP contribution is -1.98. The maximum Gasteiger partial charge on any atom is 0.109 e. The van der Waals surface area contributed by atoms with Gasteiger partial charge in [-0.2, -0.15) is 0 Å². The molecule has 0 aliphatic heterocycles. The second-order valence-electron chi connectivity index (χ2n) is 2.28. The standard InChI is InChI=1S/C6H9BrN2O/c1-4(7)3-6-5(2)8-10-9-6/h4H,3H2,1-2H3. The third-order valence-corrected chi connectivity index (χ3v) is 1.54. The van der Waals surface area contributed by atoms with Gasteiger partial charge in [-0.1, -0.05) is 33.2 Å². The monoisotopic (exact) mass is 204 g/mol. The Kier molecular flexibility index (Phi) is 2.43. The van der Waals surface area contributed by atoms with Gasteiger partial charge >= 0.3 is 0 Å². The average Bonchev–Trinajstić information content (AvgIpc) is 2.15. The fourth-order valence-corrected chi connectivity index (χ4v) is 1.01. The van der Waals surface area contributed by atoms with E-state index in [1.807, 2.05) is 6.92 Å². The molecule has 0 aromatic carbocycles. The molecule has 0 N–H and O–H groups in total. The molecular weight excluding hydrogens is 196 g/mol. The minimum Gasteiger partial charge on any atom is -0.244 e. The van der Waals surface area contributed by atoms with Gasteiger partial charge in [0.1, 0.15) is 11.4 Å². The van der Waals surface area contributed by atoms with Crippen LogP contribution in [-0.4, -0.2) is 15.1 Å². The second kappa shape index (κ2) is 3.14. The number of halogens is 1. The zero-order valence-electron chi connectivity index (χ0n) is 5.97. The molecule has 4 heteroatoms. The number of aromatic nitrogens is 2. The van der Waals surface area contributed by atoms with Crippen LogP contribution in [0.2, 0.25) is 0 Å². The molecule has 10 heavy (non-hydrogen) atoms. The minimum absolute atomic E-state index is 0.429. The van der Waals surface area contributed by atoms with E-state index >= 15 is 0 Å². The topological polar surface area (TPSA) is 38.9 Å². The normalized spacial score (nSPS) is 13.5. The lowest BCUT2D eigenvalue weighted by Gasteiger charge is -1.96. The van der Waals surface area contributed by atoms with Gasteiger partial charge in [0.25, 0.3) is 0 Å². The maximum atomic E-state index is 4.53. The molecule has 1 heterocycles. The van der Waals surface area contributed by atoms with Crippen molar-refractivity contribution in [2.24, 2.45) is 0 Å². The molecule has 0 radical (unpaired) electrons. The van der Waals surface area contributed by atoms with Gasteiger partial charge in [0.15, 0.2) is 0 Å². The van der Waals surface area contributed by atoms with Crippen molar-refractivity contribution in [1.82, 2.24) is 10.3 Å². The molecule has 0 saturated carbocycles. The van der Waals surface area contributed by atoms with Crippen LogP contribution in [0.15, 0.2) is 4.63 Å². The predicted octanol–water partition coefficient (Wildman–Crippen LogP) is 1.70. The molecule has 0 aliphatic rings. The van der Waals surface area contributed by atoms with Gasteiger partial charge in [-0.3, -0.25) is 0 Å². The first-order valence-electron chi connectivity index (χ1n) is 3.12. The van der Waals surface area contributed by atoms with Crippen molar-refractivity contribution < 1.29 is 4.63 Å². The van der Waals surface area contributed by atoms with Crippen molar-refractivity contribution in [2.45, 2.75) is 25.1 Å². The summed E-state index contributed by atoms with van der Waals surface area (Å²) in [6, 6.07) is 0. The molecule has 56 valence electrons. The van der Waals surface area contributed by atoms with Crippen LogP contribution >= 0.6 is 15.9 Å². The minimum atomic E-state index is 0.429. The SMILES string of the molecule is Cc1nonc1CC(C)Br. The lowest BCUT2D eigenvalue weighted by molar-refractivity contribution is 0.301. The van der Waals surface area contributed by atoms with E-state index in [0.717, 1.165) is 17.8 Å². The average molecular weight is 205 g/mol. The Bertz CT molecular complexity index is 209. The van der Waals surface area contributed by atoms with Crippen molar-refractivity contribution in [2.75, 3.05) is 0 Å². The highest BCUT2D eigenvalue weighted by molar-refractivity contribution is 9.09. The van der Waals surface area contributed by atoms with E-state index < -0.39 is 0 Å². The molecule has 0 fully saturated rings. The Balaban J connectivity index is 2.65. The number of rotatable bonds is 2. The maximum absolute atomic E-state index is 4.53. The van der Waals surface area contributed by atoms with Crippen LogP contribution in [0.3, 0.4) is 0 Å². The Labute approximate surface area is 67.9 Å². The van der Waals surface area contributed by atoms with Crippen molar-refractivity contribution in [3.8, 4) is 0 Å². The van der Waals surface area contributed by atoms with Crippen molar-refractivity contribution >= 4 is 15.9 Å². The summed E-state index contributed by atoms with van der Waals surface area (Å²) in [5.41, 5.74) is 1.82. The molecular formula is C6H9BrN2O. The smallest absolute Gasteiger partial charge is 0.109 e.